The second-order valence-corrected chi connectivity index (χ2v) is 5.11. The molecule has 0 radical (unpaired) electrons. The molecule has 4 nitrogen and oxygen atoms in total. The Hall–Kier alpha value is -1.81. The standard InChI is InChI=1S/C15H20N4/c1-18-7-4-14-10-13(2-3-15(14)18)11-16-5-8-19-9-6-17-12-19/h2-3,6,9-10,12,16H,4-5,7-8,11H2,1H3. The molecule has 100 valence electrons. The van der Waals surface area contributed by atoms with Gasteiger partial charge in [-0.2, -0.15) is 0 Å². The van der Waals surface area contributed by atoms with Crippen LogP contribution in [0.1, 0.15) is 11.1 Å². The molecule has 0 saturated heterocycles. The van der Waals surface area contributed by atoms with Crippen molar-refractivity contribution in [3.63, 3.8) is 0 Å². The van der Waals surface area contributed by atoms with Crippen molar-refractivity contribution < 1.29 is 0 Å². The predicted molar refractivity (Wildman–Crippen MR) is 77.3 cm³/mol. The molecule has 1 N–H and O–H groups in total. The number of anilines is 1. The van der Waals surface area contributed by atoms with Crippen LogP contribution in [-0.4, -0.2) is 29.7 Å². The summed E-state index contributed by atoms with van der Waals surface area (Å²) in [6.45, 7) is 4.01. The number of hydrogen-bond acceptors (Lipinski definition) is 3. The monoisotopic (exact) mass is 256 g/mol. The zero-order valence-electron chi connectivity index (χ0n) is 11.3. The van der Waals surface area contributed by atoms with Gasteiger partial charge in [-0.05, 0) is 23.6 Å². The van der Waals surface area contributed by atoms with Crippen molar-refractivity contribution in [3.8, 4) is 0 Å². The van der Waals surface area contributed by atoms with Crippen LogP contribution in [0.3, 0.4) is 0 Å². The maximum Gasteiger partial charge on any atom is 0.0946 e. The molecule has 2 heterocycles. The smallest absolute Gasteiger partial charge is 0.0946 e. The van der Waals surface area contributed by atoms with Crippen molar-refractivity contribution in [2.75, 3.05) is 25.0 Å². The minimum Gasteiger partial charge on any atom is -0.374 e. The lowest BCUT2D eigenvalue weighted by Crippen LogP contribution is -2.19. The van der Waals surface area contributed by atoms with E-state index in [4.69, 9.17) is 0 Å². The quantitative estimate of drug-likeness (QED) is 0.826. The molecule has 1 aromatic carbocycles. The second kappa shape index (κ2) is 5.45. The van der Waals surface area contributed by atoms with Gasteiger partial charge in [0.2, 0.25) is 0 Å². The molecule has 0 bridgehead atoms. The number of imidazole rings is 1. The summed E-state index contributed by atoms with van der Waals surface area (Å²) in [6.07, 6.45) is 6.84. The molecule has 1 aliphatic rings. The number of hydrogen-bond donors (Lipinski definition) is 1. The Kier molecular flexibility index (Phi) is 3.51. The number of aromatic nitrogens is 2. The minimum atomic E-state index is 0.936. The molecule has 0 atom stereocenters. The van der Waals surface area contributed by atoms with Crippen LogP contribution in [0, 0.1) is 0 Å². The summed E-state index contributed by atoms with van der Waals surface area (Å²) in [6, 6.07) is 6.81. The molecule has 1 aliphatic heterocycles. The first kappa shape index (κ1) is 12.2. The zero-order valence-corrected chi connectivity index (χ0v) is 11.3. The Balaban J connectivity index is 1.51. The van der Waals surface area contributed by atoms with E-state index in [0.29, 0.717) is 0 Å². The normalized spacial score (nSPS) is 13.8. The Morgan fingerprint density at radius 2 is 2.32 bits per heavy atom. The topological polar surface area (TPSA) is 33.1 Å². The molecule has 0 saturated carbocycles. The average Bonchev–Trinajstić information content (AvgIpc) is 3.05. The van der Waals surface area contributed by atoms with E-state index >= 15 is 0 Å². The molecule has 0 aliphatic carbocycles. The molecule has 0 fully saturated rings. The van der Waals surface area contributed by atoms with Gasteiger partial charge in [-0.1, -0.05) is 12.1 Å². The van der Waals surface area contributed by atoms with Crippen LogP contribution >= 0.6 is 0 Å². The second-order valence-electron chi connectivity index (χ2n) is 5.11. The Morgan fingerprint density at radius 1 is 1.37 bits per heavy atom. The van der Waals surface area contributed by atoms with Crippen molar-refractivity contribution in [2.45, 2.75) is 19.5 Å². The first-order chi connectivity index (χ1) is 9.33. The van der Waals surface area contributed by atoms with E-state index in [1.54, 1.807) is 0 Å². The van der Waals surface area contributed by atoms with Crippen LogP contribution in [0.5, 0.6) is 0 Å². The lowest BCUT2D eigenvalue weighted by molar-refractivity contribution is 0.597. The first-order valence-corrected chi connectivity index (χ1v) is 6.82. The van der Waals surface area contributed by atoms with E-state index in [-0.39, 0.29) is 0 Å². The van der Waals surface area contributed by atoms with Crippen molar-refractivity contribution in [2.24, 2.45) is 0 Å². The number of fused-ring (bicyclic) bond motifs is 1. The highest BCUT2D eigenvalue weighted by atomic mass is 15.1. The summed E-state index contributed by atoms with van der Waals surface area (Å²) < 4.78 is 2.09. The lowest BCUT2D eigenvalue weighted by atomic mass is 10.1. The van der Waals surface area contributed by atoms with Gasteiger partial charge in [0.15, 0.2) is 0 Å². The molecule has 3 rings (SSSR count). The van der Waals surface area contributed by atoms with Crippen molar-refractivity contribution in [1.29, 1.82) is 0 Å². The van der Waals surface area contributed by atoms with E-state index in [1.165, 1.54) is 23.2 Å². The predicted octanol–water partition coefficient (Wildman–Crippen LogP) is 1.67. The first-order valence-electron chi connectivity index (χ1n) is 6.82. The third-order valence-corrected chi connectivity index (χ3v) is 3.71. The molecule has 1 aromatic heterocycles. The molecular formula is C15H20N4. The van der Waals surface area contributed by atoms with Crippen molar-refractivity contribution in [3.05, 3.63) is 48.0 Å². The highest BCUT2D eigenvalue weighted by Crippen LogP contribution is 2.27. The van der Waals surface area contributed by atoms with E-state index in [0.717, 1.165) is 26.2 Å². The Labute approximate surface area is 114 Å². The highest BCUT2D eigenvalue weighted by molar-refractivity contribution is 5.58. The fourth-order valence-electron chi connectivity index (χ4n) is 2.59. The van der Waals surface area contributed by atoms with Gasteiger partial charge >= 0.3 is 0 Å². The Morgan fingerprint density at radius 3 is 3.16 bits per heavy atom. The van der Waals surface area contributed by atoms with Crippen LogP contribution in [0.15, 0.2) is 36.9 Å². The highest BCUT2D eigenvalue weighted by Gasteiger charge is 2.15. The fraction of sp³-hybridized carbons (Fsp3) is 0.400. The third kappa shape index (κ3) is 2.79. The summed E-state index contributed by atoms with van der Waals surface area (Å²) in [4.78, 5) is 6.36. The summed E-state index contributed by atoms with van der Waals surface area (Å²) in [5.74, 6) is 0. The van der Waals surface area contributed by atoms with Crippen LogP contribution in [0.2, 0.25) is 0 Å². The number of likely N-dealkylation sites (N-methyl/N-ethyl adjacent to an activating group) is 1. The number of benzene rings is 1. The van der Waals surface area contributed by atoms with Crippen molar-refractivity contribution >= 4 is 5.69 Å². The molecule has 19 heavy (non-hydrogen) atoms. The summed E-state index contributed by atoms with van der Waals surface area (Å²) >= 11 is 0. The van der Waals surface area contributed by atoms with Gasteiger partial charge in [-0.15, -0.1) is 0 Å². The van der Waals surface area contributed by atoms with E-state index < -0.39 is 0 Å². The number of nitrogens with one attached hydrogen (secondary N) is 1. The maximum atomic E-state index is 4.04. The van der Waals surface area contributed by atoms with Gasteiger partial charge in [0.1, 0.15) is 0 Å². The van der Waals surface area contributed by atoms with Gasteiger partial charge in [0, 0.05) is 51.3 Å². The molecule has 0 amide bonds. The lowest BCUT2D eigenvalue weighted by Gasteiger charge is -2.12. The van der Waals surface area contributed by atoms with Gasteiger partial charge < -0.3 is 14.8 Å². The van der Waals surface area contributed by atoms with E-state index in [2.05, 4.69) is 45.0 Å². The largest absolute Gasteiger partial charge is 0.374 e. The summed E-state index contributed by atoms with van der Waals surface area (Å²) in [7, 11) is 2.16. The SMILES string of the molecule is CN1CCc2cc(CNCCn3ccnc3)ccc21. The van der Waals surface area contributed by atoms with Crippen LogP contribution < -0.4 is 10.2 Å². The third-order valence-electron chi connectivity index (χ3n) is 3.71. The van der Waals surface area contributed by atoms with Gasteiger partial charge in [0.25, 0.3) is 0 Å². The van der Waals surface area contributed by atoms with Crippen LogP contribution in [0.4, 0.5) is 5.69 Å². The Bertz CT molecular complexity index is 533. The molecule has 0 spiro atoms. The van der Waals surface area contributed by atoms with Crippen LogP contribution in [-0.2, 0) is 19.5 Å². The van der Waals surface area contributed by atoms with Gasteiger partial charge in [-0.25, -0.2) is 4.98 Å². The molecular weight excluding hydrogens is 236 g/mol. The van der Waals surface area contributed by atoms with Gasteiger partial charge in [0.05, 0.1) is 6.33 Å². The molecule has 2 aromatic rings. The fourth-order valence-corrected chi connectivity index (χ4v) is 2.59. The number of rotatable bonds is 5. The summed E-state index contributed by atoms with van der Waals surface area (Å²) in [5, 5.41) is 3.48. The minimum absolute atomic E-state index is 0.936. The average molecular weight is 256 g/mol. The van der Waals surface area contributed by atoms with Gasteiger partial charge in [-0.3, -0.25) is 0 Å². The van der Waals surface area contributed by atoms with E-state index in [9.17, 15) is 0 Å². The van der Waals surface area contributed by atoms with E-state index in [1.807, 2.05) is 18.7 Å². The zero-order chi connectivity index (χ0) is 13.1. The molecule has 0 unspecified atom stereocenters. The number of nitrogens with zero attached hydrogens (tertiary/aromatic N) is 3. The van der Waals surface area contributed by atoms with Crippen LogP contribution in [0.25, 0.3) is 0 Å². The summed E-state index contributed by atoms with van der Waals surface area (Å²) in [5.41, 5.74) is 4.25. The van der Waals surface area contributed by atoms with Crippen molar-refractivity contribution in [1.82, 2.24) is 14.9 Å². The molecule has 4 heteroatoms. The maximum absolute atomic E-state index is 4.04.